The highest BCUT2D eigenvalue weighted by Gasteiger charge is 2.24. The number of rotatable bonds is 1. The van der Waals surface area contributed by atoms with E-state index in [2.05, 4.69) is 21.2 Å². The third-order valence-electron chi connectivity index (χ3n) is 2.55. The first-order chi connectivity index (χ1) is 6.70. The van der Waals surface area contributed by atoms with E-state index >= 15 is 0 Å². The SMILES string of the molecule is Cl.Fc1ccc(Br)c(F)c1C1CCNC1. The lowest BCUT2D eigenvalue weighted by Gasteiger charge is -2.11. The van der Waals surface area contributed by atoms with Gasteiger partial charge in [0.05, 0.1) is 4.47 Å². The Morgan fingerprint density at radius 3 is 2.67 bits per heavy atom. The molecule has 15 heavy (non-hydrogen) atoms. The van der Waals surface area contributed by atoms with Gasteiger partial charge in [-0.15, -0.1) is 12.4 Å². The number of benzene rings is 1. The van der Waals surface area contributed by atoms with Crippen LogP contribution in [0, 0.1) is 11.6 Å². The largest absolute Gasteiger partial charge is 0.316 e. The van der Waals surface area contributed by atoms with Crippen molar-refractivity contribution in [2.24, 2.45) is 0 Å². The fraction of sp³-hybridized carbons (Fsp3) is 0.400. The lowest BCUT2D eigenvalue weighted by molar-refractivity contribution is 0.528. The van der Waals surface area contributed by atoms with Crippen molar-refractivity contribution in [3.8, 4) is 0 Å². The van der Waals surface area contributed by atoms with Crippen molar-refractivity contribution in [3.05, 3.63) is 33.8 Å². The minimum Gasteiger partial charge on any atom is -0.316 e. The Labute approximate surface area is 102 Å². The number of nitrogens with one attached hydrogen (secondary N) is 1. The summed E-state index contributed by atoms with van der Waals surface area (Å²) in [6, 6.07) is 2.71. The minimum atomic E-state index is -0.460. The zero-order valence-corrected chi connectivity index (χ0v) is 10.3. The van der Waals surface area contributed by atoms with Crippen LogP contribution in [-0.2, 0) is 0 Å². The maximum atomic E-state index is 13.6. The molecule has 0 spiro atoms. The van der Waals surface area contributed by atoms with Crippen molar-refractivity contribution < 1.29 is 8.78 Å². The fourth-order valence-electron chi connectivity index (χ4n) is 1.82. The summed E-state index contributed by atoms with van der Waals surface area (Å²) in [6.07, 6.45) is 0.796. The molecule has 0 aromatic heterocycles. The van der Waals surface area contributed by atoms with Crippen molar-refractivity contribution >= 4 is 28.3 Å². The molecule has 0 amide bonds. The predicted octanol–water partition coefficient (Wildman–Crippen LogP) is 3.23. The zero-order valence-electron chi connectivity index (χ0n) is 7.90. The van der Waals surface area contributed by atoms with E-state index in [0.29, 0.717) is 11.0 Å². The normalized spacial score (nSPS) is 20.1. The van der Waals surface area contributed by atoms with E-state index in [1.54, 1.807) is 0 Å². The highest BCUT2D eigenvalue weighted by molar-refractivity contribution is 9.10. The van der Waals surface area contributed by atoms with E-state index in [0.717, 1.165) is 13.0 Å². The van der Waals surface area contributed by atoms with Gasteiger partial charge in [0.15, 0.2) is 0 Å². The van der Waals surface area contributed by atoms with Crippen LogP contribution in [0.5, 0.6) is 0 Å². The molecule has 0 bridgehead atoms. The quantitative estimate of drug-likeness (QED) is 0.785. The number of halogens is 4. The zero-order chi connectivity index (χ0) is 10.1. The second-order valence-electron chi connectivity index (χ2n) is 3.45. The molecule has 1 aliphatic rings. The molecule has 1 N–H and O–H groups in total. The smallest absolute Gasteiger partial charge is 0.143 e. The Kier molecular flexibility index (Phi) is 4.49. The lowest BCUT2D eigenvalue weighted by Crippen LogP contribution is -2.10. The van der Waals surface area contributed by atoms with Crippen molar-refractivity contribution in [1.82, 2.24) is 5.32 Å². The number of hydrogen-bond donors (Lipinski definition) is 1. The van der Waals surface area contributed by atoms with Crippen LogP contribution >= 0.6 is 28.3 Å². The standard InChI is InChI=1S/C10H10BrF2N.ClH/c11-7-1-2-8(12)9(10(7)13)6-3-4-14-5-6;/h1-2,6,14H,3-5H2;1H. The van der Waals surface area contributed by atoms with Gasteiger partial charge in [-0.25, -0.2) is 8.78 Å². The van der Waals surface area contributed by atoms with E-state index in [1.807, 2.05) is 0 Å². The van der Waals surface area contributed by atoms with Gasteiger partial charge in [0.2, 0.25) is 0 Å². The molecule has 1 heterocycles. The van der Waals surface area contributed by atoms with E-state index in [-0.39, 0.29) is 23.9 Å². The van der Waals surface area contributed by atoms with Crippen LogP contribution in [0.3, 0.4) is 0 Å². The summed E-state index contributed by atoms with van der Waals surface area (Å²) in [5.74, 6) is -0.939. The molecule has 84 valence electrons. The van der Waals surface area contributed by atoms with Crippen molar-refractivity contribution in [3.63, 3.8) is 0 Å². The second kappa shape index (κ2) is 5.23. The summed E-state index contributed by atoms with van der Waals surface area (Å²) in [7, 11) is 0. The van der Waals surface area contributed by atoms with Gasteiger partial charge in [0.25, 0.3) is 0 Å². The molecule has 1 fully saturated rings. The monoisotopic (exact) mass is 297 g/mol. The van der Waals surface area contributed by atoms with Gasteiger partial charge in [0, 0.05) is 18.0 Å². The van der Waals surface area contributed by atoms with Gasteiger partial charge in [-0.2, -0.15) is 0 Å². The van der Waals surface area contributed by atoms with E-state index in [9.17, 15) is 8.78 Å². The Hall–Kier alpha value is -0.190. The molecule has 1 aromatic rings. The molecule has 1 aromatic carbocycles. The maximum Gasteiger partial charge on any atom is 0.143 e. The second-order valence-corrected chi connectivity index (χ2v) is 4.30. The van der Waals surface area contributed by atoms with Gasteiger partial charge >= 0.3 is 0 Å². The molecule has 0 aliphatic carbocycles. The Balaban J connectivity index is 0.00000112. The van der Waals surface area contributed by atoms with Gasteiger partial charge in [0.1, 0.15) is 11.6 Å². The molecule has 0 radical (unpaired) electrons. The average Bonchev–Trinajstić information content (AvgIpc) is 2.65. The Morgan fingerprint density at radius 2 is 2.07 bits per heavy atom. The first-order valence-corrected chi connectivity index (χ1v) is 5.33. The van der Waals surface area contributed by atoms with E-state index in [4.69, 9.17) is 0 Å². The Bertz CT molecular complexity index is 354. The summed E-state index contributed by atoms with van der Waals surface area (Å²) in [5.41, 5.74) is 0.212. The molecule has 0 saturated carbocycles. The average molecular weight is 299 g/mol. The Morgan fingerprint density at radius 1 is 1.33 bits per heavy atom. The number of hydrogen-bond acceptors (Lipinski definition) is 1. The highest BCUT2D eigenvalue weighted by Crippen LogP contribution is 2.31. The fourth-order valence-corrected chi connectivity index (χ4v) is 2.16. The molecular formula is C10H11BrClF2N. The van der Waals surface area contributed by atoms with Crippen LogP contribution in [0.2, 0.25) is 0 Å². The first kappa shape index (κ1) is 12.9. The maximum absolute atomic E-state index is 13.6. The lowest BCUT2D eigenvalue weighted by atomic mass is 9.97. The minimum absolute atomic E-state index is 0. The van der Waals surface area contributed by atoms with E-state index in [1.165, 1.54) is 12.1 Å². The van der Waals surface area contributed by atoms with Crippen molar-refractivity contribution in [2.75, 3.05) is 13.1 Å². The van der Waals surface area contributed by atoms with Crippen molar-refractivity contribution in [2.45, 2.75) is 12.3 Å². The molecule has 5 heteroatoms. The topological polar surface area (TPSA) is 12.0 Å². The molecule has 1 nitrogen and oxygen atoms in total. The van der Waals surface area contributed by atoms with Crippen molar-refractivity contribution in [1.29, 1.82) is 0 Å². The third kappa shape index (κ3) is 2.49. The predicted molar refractivity (Wildman–Crippen MR) is 61.5 cm³/mol. The van der Waals surface area contributed by atoms with Crippen LogP contribution in [-0.4, -0.2) is 13.1 Å². The van der Waals surface area contributed by atoms with Crippen LogP contribution in [0.25, 0.3) is 0 Å². The molecule has 1 unspecified atom stereocenters. The summed E-state index contributed by atoms with van der Waals surface area (Å²) < 4.78 is 27.3. The van der Waals surface area contributed by atoms with Crippen LogP contribution < -0.4 is 5.32 Å². The molecule has 1 aliphatic heterocycles. The summed E-state index contributed by atoms with van der Waals surface area (Å²) in [4.78, 5) is 0. The van der Waals surface area contributed by atoms with Crippen LogP contribution in [0.1, 0.15) is 17.9 Å². The van der Waals surface area contributed by atoms with Gasteiger partial charge < -0.3 is 5.32 Å². The van der Waals surface area contributed by atoms with Crippen LogP contribution in [0.15, 0.2) is 16.6 Å². The molecular weight excluding hydrogens is 287 g/mol. The van der Waals surface area contributed by atoms with Gasteiger partial charge in [-0.1, -0.05) is 0 Å². The summed E-state index contributed by atoms with van der Waals surface area (Å²) in [5, 5.41) is 3.10. The molecule has 1 atom stereocenters. The van der Waals surface area contributed by atoms with Gasteiger partial charge in [-0.3, -0.25) is 0 Å². The van der Waals surface area contributed by atoms with Crippen LogP contribution in [0.4, 0.5) is 8.78 Å². The third-order valence-corrected chi connectivity index (χ3v) is 3.16. The van der Waals surface area contributed by atoms with E-state index < -0.39 is 11.6 Å². The molecule has 2 rings (SSSR count). The summed E-state index contributed by atoms with van der Waals surface area (Å²) >= 11 is 3.07. The summed E-state index contributed by atoms with van der Waals surface area (Å²) in [6.45, 7) is 1.49. The first-order valence-electron chi connectivity index (χ1n) is 4.54. The molecule has 1 saturated heterocycles. The highest BCUT2D eigenvalue weighted by atomic mass is 79.9. The van der Waals surface area contributed by atoms with Gasteiger partial charge in [-0.05, 0) is 41.0 Å².